The summed E-state index contributed by atoms with van der Waals surface area (Å²) in [6, 6.07) is 4.95. The number of nitrogens with zero attached hydrogens (tertiary/aromatic N) is 1. The lowest BCUT2D eigenvalue weighted by atomic mass is 10.2. The minimum Gasteiger partial charge on any atom is -0.379 e. The normalized spacial score (nSPS) is 9.58. The van der Waals surface area contributed by atoms with Crippen molar-refractivity contribution in [3.8, 4) is 0 Å². The molecule has 1 aromatic rings. The van der Waals surface area contributed by atoms with Gasteiger partial charge < -0.3 is 21.7 Å². The molecule has 134 valence electrons. The van der Waals surface area contributed by atoms with Gasteiger partial charge in [0.1, 0.15) is 5.69 Å². The molecule has 0 aliphatic rings. The molecule has 5 N–H and O–H groups in total. The van der Waals surface area contributed by atoms with Gasteiger partial charge in [-0.15, -0.1) is 12.4 Å². The molecule has 0 bridgehead atoms. The van der Waals surface area contributed by atoms with Gasteiger partial charge in [-0.05, 0) is 25.0 Å². The number of anilines is 1. The first-order valence-electron chi connectivity index (χ1n) is 7.16. The van der Waals surface area contributed by atoms with Crippen LogP contribution in [0.4, 0.5) is 11.4 Å². The van der Waals surface area contributed by atoms with Gasteiger partial charge in [-0.2, -0.15) is 0 Å². The van der Waals surface area contributed by atoms with Crippen molar-refractivity contribution in [1.82, 2.24) is 10.6 Å². The number of benzene rings is 1. The van der Waals surface area contributed by atoms with E-state index in [9.17, 15) is 19.7 Å². The van der Waals surface area contributed by atoms with E-state index in [0.29, 0.717) is 25.2 Å². The first-order valence-corrected chi connectivity index (χ1v) is 7.16. The molecule has 10 heteroatoms. The van der Waals surface area contributed by atoms with E-state index in [1.165, 1.54) is 6.07 Å². The highest BCUT2D eigenvalue weighted by Crippen LogP contribution is 2.24. The van der Waals surface area contributed by atoms with Crippen LogP contribution in [0.2, 0.25) is 0 Å². The van der Waals surface area contributed by atoms with Crippen LogP contribution in [0, 0.1) is 17.0 Å². The van der Waals surface area contributed by atoms with Gasteiger partial charge in [-0.3, -0.25) is 19.7 Å². The Labute approximate surface area is 145 Å². The number of halogens is 1. The standard InChI is InChI=1S/C14H21N5O4.ClH/c1-10-3-4-11(12(7-10)19(22)23)16-5-2-6-17-14(21)9-18-13(20)8-15;/h3-4,7,16H,2,5-6,8-9,15H2,1H3,(H,17,21)(H,18,20);1H. The van der Waals surface area contributed by atoms with Gasteiger partial charge in [0.15, 0.2) is 0 Å². The number of carbonyl (C=O) groups is 2. The highest BCUT2D eigenvalue weighted by atomic mass is 35.5. The molecular weight excluding hydrogens is 338 g/mol. The van der Waals surface area contributed by atoms with Crippen molar-refractivity contribution in [2.75, 3.05) is 31.5 Å². The molecular formula is C14H22ClN5O4. The van der Waals surface area contributed by atoms with Crippen molar-refractivity contribution in [3.63, 3.8) is 0 Å². The zero-order valence-electron chi connectivity index (χ0n) is 13.3. The largest absolute Gasteiger partial charge is 0.379 e. The Morgan fingerprint density at radius 2 is 1.92 bits per heavy atom. The third kappa shape index (κ3) is 7.75. The van der Waals surface area contributed by atoms with Crippen LogP contribution in [0.5, 0.6) is 0 Å². The first-order chi connectivity index (χ1) is 10.9. The molecule has 0 unspecified atom stereocenters. The number of nitrogens with one attached hydrogen (secondary N) is 3. The minimum atomic E-state index is -0.433. The number of aryl methyl sites for hydroxylation is 1. The van der Waals surface area contributed by atoms with Crippen molar-refractivity contribution < 1.29 is 14.5 Å². The number of rotatable bonds is 9. The van der Waals surface area contributed by atoms with Crippen molar-refractivity contribution in [2.45, 2.75) is 13.3 Å². The maximum Gasteiger partial charge on any atom is 0.292 e. The zero-order chi connectivity index (χ0) is 17.2. The molecule has 24 heavy (non-hydrogen) atoms. The summed E-state index contributed by atoms with van der Waals surface area (Å²) in [7, 11) is 0. The summed E-state index contributed by atoms with van der Waals surface area (Å²) >= 11 is 0. The number of carbonyl (C=O) groups excluding carboxylic acids is 2. The van der Waals surface area contributed by atoms with Gasteiger partial charge in [0.05, 0.1) is 18.0 Å². The molecule has 1 rings (SSSR count). The molecule has 9 nitrogen and oxygen atoms in total. The first kappa shape index (κ1) is 21.6. The number of hydrogen-bond acceptors (Lipinski definition) is 6. The summed E-state index contributed by atoms with van der Waals surface area (Å²) in [6.45, 7) is 2.37. The monoisotopic (exact) mass is 359 g/mol. The van der Waals surface area contributed by atoms with Crippen LogP contribution in [0.25, 0.3) is 0 Å². The second-order valence-electron chi connectivity index (χ2n) is 4.89. The fourth-order valence-corrected chi connectivity index (χ4v) is 1.79. The molecule has 0 saturated heterocycles. The van der Waals surface area contributed by atoms with E-state index < -0.39 is 10.8 Å². The minimum absolute atomic E-state index is 0. The van der Waals surface area contributed by atoms with E-state index in [4.69, 9.17) is 5.73 Å². The number of hydrogen-bond donors (Lipinski definition) is 4. The Kier molecular flexibility index (Phi) is 10.1. The smallest absolute Gasteiger partial charge is 0.292 e. The third-order valence-electron chi connectivity index (χ3n) is 2.97. The third-order valence-corrected chi connectivity index (χ3v) is 2.97. The molecule has 2 amide bonds. The lowest BCUT2D eigenvalue weighted by molar-refractivity contribution is -0.384. The number of nitrogens with two attached hydrogens (primary N) is 1. The van der Waals surface area contributed by atoms with E-state index in [-0.39, 0.29) is 37.1 Å². The molecule has 0 aliphatic carbocycles. The van der Waals surface area contributed by atoms with Gasteiger partial charge in [0.2, 0.25) is 11.8 Å². The van der Waals surface area contributed by atoms with E-state index in [0.717, 1.165) is 5.56 Å². The molecule has 0 aromatic heterocycles. The maximum atomic E-state index is 11.4. The fraction of sp³-hybridized carbons (Fsp3) is 0.429. The zero-order valence-corrected chi connectivity index (χ0v) is 14.1. The summed E-state index contributed by atoms with van der Waals surface area (Å²) in [4.78, 5) is 32.8. The van der Waals surface area contributed by atoms with Crippen LogP contribution >= 0.6 is 12.4 Å². The van der Waals surface area contributed by atoms with Crippen LogP contribution < -0.4 is 21.7 Å². The van der Waals surface area contributed by atoms with E-state index in [1.54, 1.807) is 19.1 Å². The quantitative estimate of drug-likeness (QED) is 0.284. The van der Waals surface area contributed by atoms with Crippen LogP contribution in [0.3, 0.4) is 0 Å². The summed E-state index contributed by atoms with van der Waals surface area (Å²) in [5.41, 5.74) is 6.38. The average molecular weight is 360 g/mol. The average Bonchev–Trinajstić information content (AvgIpc) is 2.53. The van der Waals surface area contributed by atoms with Crippen molar-refractivity contribution in [1.29, 1.82) is 0 Å². The molecule has 0 atom stereocenters. The second kappa shape index (κ2) is 11.2. The molecule has 0 spiro atoms. The van der Waals surface area contributed by atoms with Gasteiger partial charge in [-0.25, -0.2) is 0 Å². The Balaban J connectivity index is 0.00000529. The Morgan fingerprint density at radius 3 is 2.54 bits per heavy atom. The predicted octanol–water partition coefficient (Wildman–Crippen LogP) is 0.318. The summed E-state index contributed by atoms with van der Waals surface area (Å²) < 4.78 is 0. The second-order valence-corrected chi connectivity index (χ2v) is 4.89. The van der Waals surface area contributed by atoms with E-state index in [2.05, 4.69) is 16.0 Å². The highest BCUT2D eigenvalue weighted by molar-refractivity contribution is 5.85. The van der Waals surface area contributed by atoms with E-state index >= 15 is 0 Å². The fourth-order valence-electron chi connectivity index (χ4n) is 1.79. The van der Waals surface area contributed by atoms with Gasteiger partial charge >= 0.3 is 0 Å². The van der Waals surface area contributed by atoms with Crippen LogP contribution in [-0.4, -0.2) is 42.9 Å². The molecule has 0 radical (unpaired) electrons. The summed E-state index contributed by atoms with van der Waals surface area (Å²) in [6.07, 6.45) is 0.585. The predicted molar refractivity (Wildman–Crippen MR) is 93.3 cm³/mol. The molecule has 0 heterocycles. The number of nitro groups is 1. The number of amides is 2. The van der Waals surface area contributed by atoms with Gasteiger partial charge in [0.25, 0.3) is 5.69 Å². The molecule has 1 aromatic carbocycles. The Morgan fingerprint density at radius 1 is 1.21 bits per heavy atom. The van der Waals surface area contributed by atoms with Gasteiger partial charge in [0, 0.05) is 19.2 Å². The highest BCUT2D eigenvalue weighted by Gasteiger charge is 2.12. The molecule has 0 saturated carbocycles. The maximum absolute atomic E-state index is 11.4. The molecule has 0 fully saturated rings. The summed E-state index contributed by atoms with van der Waals surface area (Å²) in [5.74, 6) is -0.707. The molecule has 0 aliphatic heterocycles. The van der Waals surface area contributed by atoms with E-state index in [1.807, 2.05) is 0 Å². The lowest BCUT2D eigenvalue weighted by Crippen LogP contribution is -2.39. The van der Waals surface area contributed by atoms with Crippen LogP contribution in [0.1, 0.15) is 12.0 Å². The van der Waals surface area contributed by atoms with Crippen molar-refractivity contribution >= 4 is 35.6 Å². The van der Waals surface area contributed by atoms with Crippen molar-refractivity contribution in [3.05, 3.63) is 33.9 Å². The summed E-state index contributed by atoms with van der Waals surface area (Å²) in [5, 5.41) is 18.9. The topological polar surface area (TPSA) is 139 Å². The lowest BCUT2D eigenvalue weighted by Gasteiger charge is -2.09. The Bertz CT molecular complexity index is 582. The van der Waals surface area contributed by atoms with Gasteiger partial charge in [-0.1, -0.05) is 6.07 Å². The Hall–Kier alpha value is -2.39. The van der Waals surface area contributed by atoms with Crippen molar-refractivity contribution in [2.24, 2.45) is 5.73 Å². The van der Waals surface area contributed by atoms with Crippen LogP contribution in [0.15, 0.2) is 18.2 Å². The van der Waals surface area contributed by atoms with Crippen LogP contribution in [-0.2, 0) is 9.59 Å². The number of nitro benzene ring substituents is 1. The SMILES string of the molecule is Cc1ccc(NCCCNC(=O)CNC(=O)CN)c([N+](=O)[O-])c1.Cl.